The number of aromatic nitrogens is 1. The summed E-state index contributed by atoms with van der Waals surface area (Å²) in [6.45, 7) is 2.39. The van der Waals surface area contributed by atoms with Crippen molar-refractivity contribution in [1.82, 2.24) is 10.3 Å². The summed E-state index contributed by atoms with van der Waals surface area (Å²) in [6.07, 6.45) is 3.48. The van der Waals surface area contributed by atoms with Crippen molar-refractivity contribution in [1.29, 1.82) is 10.5 Å². The predicted octanol–water partition coefficient (Wildman–Crippen LogP) is 2.38. The third-order valence-corrected chi connectivity index (χ3v) is 4.38. The Kier molecular flexibility index (Phi) is 5.65. The number of nitrogens with two attached hydrogens (primary N) is 2. The number of pyridine rings is 1. The summed E-state index contributed by atoms with van der Waals surface area (Å²) in [7, 11) is 0. The number of nitrogen functional groups attached to an aromatic ring is 2. The zero-order valence-electron chi connectivity index (χ0n) is 15.7. The van der Waals surface area contributed by atoms with Gasteiger partial charge in [0.05, 0.1) is 12.3 Å². The van der Waals surface area contributed by atoms with E-state index < -0.39 is 11.9 Å². The summed E-state index contributed by atoms with van der Waals surface area (Å²) >= 11 is 0. The minimum absolute atomic E-state index is 0.0315. The number of fused-ring (bicyclic) bond motifs is 1. The van der Waals surface area contributed by atoms with Crippen molar-refractivity contribution in [3.8, 4) is 18.0 Å². The largest absolute Gasteiger partial charge is 0.491 e. The van der Waals surface area contributed by atoms with Gasteiger partial charge in [-0.3, -0.25) is 5.32 Å². The van der Waals surface area contributed by atoms with Crippen LogP contribution in [-0.2, 0) is 0 Å². The number of hydrogen-bond acceptors (Lipinski definition) is 9. The van der Waals surface area contributed by atoms with Gasteiger partial charge in [0, 0.05) is 5.56 Å². The third kappa shape index (κ3) is 3.82. The van der Waals surface area contributed by atoms with Gasteiger partial charge in [0.2, 0.25) is 5.96 Å². The van der Waals surface area contributed by atoms with Crippen molar-refractivity contribution in [3.63, 3.8) is 0 Å². The van der Waals surface area contributed by atoms with Crippen LogP contribution in [0, 0.1) is 28.6 Å². The van der Waals surface area contributed by atoms with Crippen molar-refractivity contribution in [2.45, 2.75) is 25.8 Å². The second-order valence-electron chi connectivity index (χ2n) is 6.29. The zero-order chi connectivity index (χ0) is 21.0. The Morgan fingerprint density at radius 2 is 2.14 bits per heavy atom. The van der Waals surface area contributed by atoms with Gasteiger partial charge in [-0.1, -0.05) is 19.4 Å². The highest BCUT2D eigenvalue weighted by Gasteiger charge is 2.30. The Morgan fingerprint density at radius 3 is 2.83 bits per heavy atom. The van der Waals surface area contributed by atoms with Crippen molar-refractivity contribution >= 4 is 23.3 Å². The number of nitrogens with zero attached hydrogens (tertiary/aromatic N) is 4. The van der Waals surface area contributed by atoms with Crippen LogP contribution in [0.4, 0.5) is 21.7 Å². The van der Waals surface area contributed by atoms with Gasteiger partial charge in [-0.25, -0.2) is 14.4 Å². The van der Waals surface area contributed by atoms with Crippen molar-refractivity contribution < 1.29 is 9.13 Å². The number of unbranched alkanes of at least 4 members (excludes halogenated alkanes) is 1. The summed E-state index contributed by atoms with van der Waals surface area (Å²) in [4.78, 5) is 8.62. The number of guanidine groups is 1. The summed E-state index contributed by atoms with van der Waals surface area (Å²) in [6, 6.07) is 5.52. The third-order valence-electron chi connectivity index (χ3n) is 4.38. The van der Waals surface area contributed by atoms with E-state index in [0.717, 1.165) is 12.8 Å². The lowest BCUT2D eigenvalue weighted by Gasteiger charge is -2.26. The quantitative estimate of drug-likeness (QED) is 0.342. The molecule has 0 bridgehead atoms. The molecular formula is C19H19FN8O. The van der Waals surface area contributed by atoms with Crippen LogP contribution in [0.25, 0.3) is 0 Å². The number of rotatable bonds is 5. The molecule has 0 fully saturated rings. The summed E-state index contributed by atoms with van der Waals surface area (Å²) < 4.78 is 19.7. The molecule has 9 nitrogen and oxygen atoms in total. The van der Waals surface area contributed by atoms with Crippen LogP contribution in [0.3, 0.4) is 0 Å². The molecule has 6 N–H and O–H groups in total. The molecular weight excluding hydrogens is 375 g/mol. The fourth-order valence-corrected chi connectivity index (χ4v) is 2.95. The van der Waals surface area contributed by atoms with E-state index in [1.54, 1.807) is 6.19 Å². The predicted molar refractivity (Wildman–Crippen MR) is 106 cm³/mol. The first kappa shape index (κ1) is 19.7. The molecule has 1 aliphatic rings. The molecule has 0 saturated carbocycles. The minimum Gasteiger partial charge on any atom is -0.491 e. The molecule has 29 heavy (non-hydrogen) atoms. The fourth-order valence-electron chi connectivity index (χ4n) is 2.95. The Bertz CT molecular complexity index is 1050. The van der Waals surface area contributed by atoms with Crippen LogP contribution in [-0.4, -0.2) is 17.6 Å². The van der Waals surface area contributed by atoms with Gasteiger partial charge in [0.1, 0.15) is 29.3 Å². The average Bonchev–Trinajstić information content (AvgIpc) is 2.69. The van der Waals surface area contributed by atoms with Crippen LogP contribution in [0.5, 0.6) is 5.75 Å². The van der Waals surface area contributed by atoms with Crippen LogP contribution >= 0.6 is 0 Å². The first-order chi connectivity index (χ1) is 14.0. The van der Waals surface area contributed by atoms with E-state index in [9.17, 15) is 9.65 Å². The van der Waals surface area contributed by atoms with Crippen LogP contribution in [0.1, 0.15) is 42.5 Å². The number of aliphatic imine (C=N–C) groups is 1. The van der Waals surface area contributed by atoms with Gasteiger partial charge in [-0.05, 0) is 24.1 Å². The average molecular weight is 394 g/mol. The van der Waals surface area contributed by atoms with E-state index in [4.69, 9.17) is 21.5 Å². The van der Waals surface area contributed by atoms with E-state index in [1.807, 2.05) is 13.0 Å². The lowest BCUT2D eigenvalue weighted by molar-refractivity contribution is 0.294. The van der Waals surface area contributed by atoms with E-state index >= 15 is 0 Å². The standard InChI is InChI=1S/C19H19FN8O/c1-2-3-6-29-13-7-10(4-5-12(13)20)16-14-15(23)11(8-21)17(24)27-18(14)28-19(26-16)25-9-22/h4-5,7,16H,2-3,6H2,1H3,(H6,23,24,25,26,27,28). The summed E-state index contributed by atoms with van der Waals surface area (Å²) in [5.41, 5.74) is 13.1. The Balaban J connectivity index is 2.12. The van der Waals surface area contributed by atoms with Gasteiger partial charge >= 0.3 is 0 Å². The number of benzene rings is 1. The fraction of sp³-hybridized carbons (Fsp3) is 0.263. The lowest BCUT2D eigenvalue weighted by Crippen LogP contribution is -2.32. The molecule has 2 aromatic rings. The molecule has 0 spiro atoms. The number of hydrogen-bond donors (Lipinski definition) is 4. The van der Waals surface area contributed by atoms with Crippen LogP contribution < -0.4 is 26.8 Å². The zero-order valence-corrected chi connectivity index (χ0v) is 15.7. The molecule has 0 radical (unpaired) electrons. The highest BCUT2D eigenvalue weighted by atomic mass is 19.1. The summed E-state index contributed by atoms with van der Waals surface area (Å²) in [5.74, 6) is -0.0767. The molecule has 10 heteroatoms. The maximum absolute atomic E-state index is 14.2. The van der Waals surface area contributed by atoms with Gasteiger partial charge in [0.25, 0.3) is 0 Å². The van der Waals surface area contributed by atoms with E-state index in [0.29, 0.717) is 17.7 Å². The number of halogens is 1. The van der Waals surface area contributed by atoms with Gasteiger partial charge in [0.15, 0.2) is 17.8 Å². The Morgan fingerprint density at radius 1 is 1.34 bits per heavy atom. The minimum atomic E-state index is -0.753. The highest BCUT2D eigenvalue weighted by molar-refractivity contribution is 5.98. The molecule has 0 amide bonds. The Hall–Kier alpha value is -4.05. The molecule has 1 unspecified atom stereocenters. The van der Waals surface area contributed by atoms with E-state index in [-0.39, 0.29) is 34.6 Å². The summed E-state index contributed by atoms with van der Waals surface area (Å²) in [5, 5.41) is 23.6. The first-order valence-electron chi connectivity index (χ1n) is 8.91. The van der Waals surface area contributed by atoms with Gasteiger partial charge in [-0.15, -0.1) is 0 Å². The molecule has 3 rings (SSSR count). The SMILES string of the molecule is CCCCOc1cc(C2N=C(NC#N)Nc3nc(N)c(C#N)c(N)c32)ccc1F. The molecule has 1 atom stereocenters. The first-order valence-corrected chi connectivity index (χ1v) is 8.91. The number of nitriles is 2. The van der Waals surface area contributed by atoms with Crippen LogP contribution in [0.15, 0.2) is 23.2 Å². The normalized spacial score (nSPS) is 14.6. The molecule has 148 valence electrons. The lowest BCUT2D eigenvalue weighted by atomic mass is 9.95. The molecule has 1 aliphatic heterocycles. The second kappa shape index (κ2) is 8.31. The number of anilines is 3. The molecule has 1 aromatic heterocycles. The number of ether oxygens (including phenoxy) is 1. The van der Waals surface area contributed by atoms with Crippen molar-refractivity contribution in [2.24, 2.45) is 4.99 Å². The van der Waals surface area contributed by atoms with Gasteiger partial charge < -0.3 is 21.5 Å². The molecule has 0 aliphatic carbocycles. The van der Waals surface area contributed by atoms with Crippen LogP contribution in [0.2, 0.25) is 0 Å². The maximum atomic E-state index is 14.2. The van der Waals surface area contributed by atoms with Crippen molar-refractivity contribution in [2.75, 3.05) is 23.4 Å². The van der Waals surface area contributed by atoms with E-state index in [1.165, 1.54) is 18.2 Å². The Labute approximate surface area is 166 Å². The maximum Gasteiger partial charge on any atom is 0.211 e. The van der Waals surface area contributed by atoms with Crippen molar-refractivity contribution in [3.05, 3.63) is 40.7 Å². The molecule has 0 saturated heterocycles. The number of nitrogens with one attached hydrogen (secondary N) is 2. The monoisotopic (exact) mass is 394 g/mol. The van der Waals surface area contributed by atoms with E-state index in [2.05, 4.69) is 20.6 Å². The smallest absolute Gasteiger partial charge is 0.211 e. The van der Waals surface area contributed by atoms with Gasteiger partial charge in [-0.2, -0.15) is 10.5 Å². The second-order valence-corrected chi connectivity index (χ2v) is 6.29. The topological polar surface area (TPSA) is 158 Å². The molecule has 2 heterocycles. The molecule has 1 aromatic carbocycles. The highest BCUT2D eigenvalue weighted by Crippen LogP contribution is 2.41.